The quantitative estimate of drug-likeness (QED) is 0.0630. The molecule has 2 atom stereocenters. The van der Waals surface area contributed by atoms with Crippen LogP contribution in [0.1, 0.15) is 56.8 Å². The Bertz CT molecular complexity index is 2520. The van der Waals surface area contributed by atoms with Crippen molar-refractivity contribution in [1.29, 1.82) is 0 Å². The second kappa shape index (κ2) is 20.5. The fraction of sp³-hybridized carbons (Fsp3) is 0.182. The summed E-state index contributed by atoms with van der Waals surface area (Å²) in [5, 5.41) is 28.1. The number of carbonyl (C=O) groups excluding carboxylic acids is 6. The van der Waals surface area contributed by atoms with E-state index in [1.54, 1.807) is 62.4 Å². The molecular weight excluding hydrogens is 878 g/mol. The van der Waals surface area contributed by atoms with Crippen molar-refractivity contribution < 1.29 is 28.8 Å². The summed E-state index contributed by atoms with van der Waals surface area (Å²) in [7, 11) is 0. The minimum atomic E-state index is -1.59. The molecule has 0 aliphatic rings. The van der Waals surface area contributed by atoms with Crippen LogP contribution < -0.4 is 21.3 Å². The molecule has 5 aromatic rings. The number of nitrogens with zero attached hydrogens (tertiary/aromatic N) is 4. The van der Waals surface area contributed by atoms with Crippen molar-refractivity contribution in [2.45, 2.75) is 53.6 Å². The summed E-state index contributed by atoms with van der Waals surface area (Å²) < 4.78 is 0. The van der Waals surface area contributed by atoms with Gasteiger partial charge in [0.2, 0.25) is 12.1 Å². The van der Waals surface area contributed by atoms with Gasteiger partial charge in [0.25, 0.3) is 23.6 Å². The minimum absolute atomic E-state index is 0.0423. The highest BCUT2D eigenvalue weighted by Gasteiger charge is 2.26. The fourth-order valence-electron chi connectivity index (χ4n) is 5.67. The monoisotopic (exact) mass is 914 g/mol. The van der Waals surface area contributed by atoms with Crippen molar-refractivity contribution in [3.8, 4) is 0 Å². The molecule has 0 aliphatic heterocycles. The Morgan fingerprint density at radius 2 is 0.806 bits per heavy atom. The number of hydrogen-bond acceptors (Lipinski definition) is 10. The third kappa shape index (κ3) is 11.9. The van der Waals surface area contributed by atoms with E-state index in [0.717, 1.165) is 11.1 Å². The number of benzene rings is 5. The normalized spacial score (nSPS) is 12.2. The Kier molecular flexibility index (Phi) is 15.5. The average Bonchev–Trinajstić information content (AvgIpc) is 3.20. The number of anilines is 4. The molecule has 0 bridgehead atoms. The topological polar surface area (TPSA) is 200 Å². The molecule has 0 saturated carbocycles. The van der Waals surface area contributed by atoms with E-state index in [1.165, 1.54) is 50.2 Å². The number of amides is 4. The van der Waals surface area contributed by atoms with Crippen LogP contribution in [0, 0.1) is 27.7 Å². The summed E-state index contributed by atoms with van der Waals surface area (Å²) in [6.07, 6.45) is 0. The summed E-state index contributed by atoms with van der Waals surface area (Å²) in [6, 6.07) is 18.7. The van der Waals surface area contributed by atoms with Crippen molar-refractivity contribution in [2.24, 2.45) is 20.5 Å². The van der Waals surface area contributed by atoms with Crippen LogP contribution in [0.15, 0.2) is 105 Å². The predicted octanol–water partition coefficient (Wildman–Crippen LogP) is 11.4. The SMILES string of the molecule is CC(=O)[C@@H](N=Nc1cc(C(=O)Nc2cc(Cl)ccc2C)ccc1Cl)C(=O)Nc1cc(C)c(NC(=O)[C@H](N=Nc2cc(C(=O)Nc3cc(Cl)ccc3C)ccc2Cl)C(C)=O)cc1C. The molecule has 4 N–H and O–H groups in total. The molecule has 14 nitrogen and oxygen atoms in total. The Balaban J connectivity index is 1.27. The van der Waals surface area contributed by atoms with Crippen LogP contribution in [0.4, 0.5) is 34.1 Å². The van der Waals surface area contributed by atoms with E-state index in [1.807, 2.05) is 13.8 Å². The van der Waals surface area contributed by atoms with Crippen LogP contribution in [0.3, 0.4) is 0 Å². The van der Waals surface area contributed by atoms with Gasteiger partial charge in [0.15, 0.2) is 11.6 Å². The van der Waals surface area contributed by atoms with Crippen molar-refractivity contribution in [3.05, 3.63) is 138 Å². The van der Waals surface area contributed by atoms with Gasteiger partial charge in [0.05, 0.1) is 10.0 Å². The van der Waals surface area contributed by atoms with Gasteiger partial charge in [-0.2, -0.15) is 20.5 Å². The number of halogens is 4. The number of rotatable bonds is 14. The van der Waals surface area contributed by atoms with Crippen molar-refractivity contribution in [1.82, 2.24) is 0 Å². The molecule has 318 valence electrons. The first-order valence-corrected chi connectivity index (χ1v) is 20.1. The zero-order chi connectivity index (χ0) is 45.4. The number of carbonyl (C=O) groups is 6. The van der Waals surface area contributed by atoms with E-state index < -0.39 is 47.3 Å². The van der Waals surface area contributed by atoms with Gasteiger partial charge in [-0.1, -0.05) is 58.5 Å². The molecule has 4 amide bonds. The van der Waals surface area contributed by atoms with Gasteiger partial charge < -0.3 is 21.3 Å². The van der Waals surface area contributed by atoms with Gasteiger partial charge in [-0.25, -0.2) is 0 Å². The highest BCUT2D eigenvalue weighted by molar-refractivity contribution is 6.34. The maximum Gasteiger partial charge on any atom is 0.258 e. The van der Waals surface area contributed by atoms with Gasteiger partial charge in [-0.05, 0) is 137 Å². The Labute approximate surface area is 376 Å². The number of azo groups is 2. The molecule has 0 aliphatic carbocycles. The van der Waals surface area contributed by atoms with E-state index in [2.05, 4.69) is 41.7 Å². The number of aryl methyl sites for hydroxylation is 4. The lowest BCUT2D eigenvalue weighted by Crippen LogP contribution is -2.32. The average molecular weight is 917 g/mol. The van der Waals surface area contributed by atoms with E-state index in [4.69, 9.17) is 46.4 Å². The summed E-state index contributed by atoms with van der Waals surface area (Å²) in [5.41, 5.74) is 4.60. The molecule has 0 saturated heterocycles. The van der Waals surface area contributed by atoms with Crippen LogP contribution in [0.2, 0.25) is 20.1 Å². The third-order valence-corrected chi connectivity index (χ3v) is 10.3. The van der Waals surface area contributed by atoms with Crippen LogP contribution >= 0.6 is 46.4 Å². The molecule has 18 heteroatoms. The molecule has 0 spiro atoms. The first kappa shape index (κ1) is 46.7. The van der Waals surface area contributed by atoms with Gasteiger partial charge in [-0.15, -0.1) is 0 Å². The second-order valence-electron chi connectivity index (χ2n) is 14.1. The lowest BCUT2D eigenvalue weighted by molar-refractivity contribution is -0.127. The van der Waals surface area contributed by atoms with Gasteiger partial charge >= 0.3 is 0 Å². The standard InChI is InChI=1S/C44H38Cl4N8O6/c1-21-7-11-29(45)19-35(21)49-41(59)27-9-13-31(47)37(17-27)53-55-39(25(5)57)43(61)51-33-15-24(4)34(16-23(33)3)52-44(62)40(26(6)58)56-54-38-18-28(10-14-32(38)48)42(60)50-36-20-30(46)12-8-22(36)2/h7-20,39-40H,1-6H3,(H,49,59)(H,50,60)(H,51,61)(H,52,62)/t39-,40-/m1/s1. The largest absolute Gasteiger partial charge is 0.324 e. The Hall–Kier alpha value is -6.32. The minimum Gasteiger partial charge on any atom is -0.324 e. The fourth-order valence-corrected chi connectivity index (χ4v) is 6.33. The Morgan fingerprint density at radius 3 is 1.16 bits per heavy atom. The lowest BCUT2D eigenvalue weighted by Gasteiger charge is -2.16. The van der Waals surface area contributed by atoms with Crippen LogP contribution in [-0.2, 0) is 19.2 Å². The van der Waals surface area contributed by atoms with Gasteiger partial charge in [0.1, 0.15) is 11.4 Å². The van der Waals surface area contributed by atoms with E-state index in [-0.39, 0.29) is 32.5 Å². The Morgan fingerprint density at radius 1 is 0.452 bits per heavy atom. The third-order valence-electron chi connectivity index (χ3n) is 9.23. The number of nitrogens with one attached hydrogen (secondary N) is 4. The maximum atomic E-state index is 13.4. The first-order valence-electron chi connectivity index (χ1n) is 18.6. The van der Waals surface area contributed by atoms with Crippen LogP contribution in [0.5, 0.6) is 0 Å². The van der Waals surface area contributed by atoms with Crippen molar-refractivity contribution in [3.63, 3.8) is 0 Å². The van der Waals surface area contributed by atoms with Crippen LogP contribution in [0.25, 0.3) is 0 Å². The molecule has 5 rings (SSSR count). The second-order valence-corrected chi connectivity index (χ2v) is 15.8. The molecule has 62 heavy (non-hydrogen) atoms. The summed E-state index contributed by atoms with van der Waals surface area (Å²) in [6.45, 7) is 9.27. The molecule has 0 unspecified atom stereocenters. The molecule has 0 heterocycles. The summed E-state index contributed by atoms with van der Waals surface area (Å²) in [4.78, 5) is 78.1. The first-order chi connectivity index (χ1) is 29.3. The predicted molar refractivity (Wildman–Crippen MR) is 242 cm³/mol. The van der Waals surface area contributed by atoms with E-state index in [9.17, 15) is 28.8 Å². The number of hydrogen-bond donors (Lipinski definition) is 4. The summed E-state index contributed by atoms with van der Waals surface area (Å²) >= 11 is 24.8. The number of Topliss-reactive ketones (excluding diaryl/α,β-unsaturated/α-hetero) is 2. The molecule has 0 fully saturated rings. The highest BCUT2D eigenvalue weighted by atomic mass is 35.5. The molecule has 0 aromatic heterocycles. The highest BCUT2D eigenvalue weighted by Crippen LogP contribution is 2.31. The summed E-state index contributed by atoms with van der Waals surface area (Å²) in [5.74, 6) is -3.82. The van der Waals surface area contributed by atoms with Crippen molar-refractivity contribution in [2.75, 3.05) is 21.3 Å². The molecular formula is C44H38Cl4N8O6. The van der Waals surface area contributed by atoms with Gasteiger partial charge in [-0.3, -0.25) is 28.8 Å². The number of ketones is 2. The zero-order valence-corrected chi connectivity index (χ0v) is 37.0. The van der Waals surface area contributed by atoms with Gasteiger partial charge in [0, 0.05) is 43.9 Å². The van der Waals surface area contributed by atoms with E-state index in [0.29, 0.717) is 43.9 Å². The molecule has 0 radical (unpaired) electrons. The zero-order valence-electron chi connectivity index (χ0n) is 34.0. The lowest BCUT2D eigenvalue weighted by atomic mass is 10.1. The maximum absolute atomic E-state index is 13.4. The smallest absolute Gasteiger partial charge is 0.258 e. The molecule has 5 aromatic carbocycles. The van der Waals surface area contributed by atoms with E-state index >= 15 is 0 Å². The van der Waals surface area contributed by atoms with Crippen LogP contribution in [-0.4, -0.2) is 47.3 Å². The van der Waals surface area contributed by atoms with Crippen molar-refractivity contribution >= 4 is 116 Å².